The summed E-state index contributed by atoms with van der Waals surface area (Å²) in [7, 11) is 0. The molecule has 2 aromatic rings. The molecule has 1 heterocycles. The Morgan fingerprint density at radius 2 is 2.00 bits per heavy atom. The van der Waals surface area contributed by atoms with Crippen molar-refractivity contribution in [3.8, 4) is 6.07 Å². The third-order valence-corrected chi connectivity index (χ3v) is 4.04. The average Bonchev–Trinajstić information content (AvgIpc) is 2.51. The predicted molar refractivity (Wildman–Crippen MR) is 95.8 cm³/mol. The van der Waals surface area contributed by atoms with Gasteiger partial charge >= 0.3 is 0 Å². The molecule has 0 aliphatic heterocycles. The van der Waals surface area contributed by atoms with Crippen molar-refractivity contribution >= 4 is 46.8 Å². The number of anilines is 1. The Morgan fingerprint density at radius 1 is 1.26 bits per heavy atom. The lowest BCUT2D eigenvalue weighted by Gasteiger charge is -2.18. The summed E-state index contributed by atoms with van der Waals surface area (Å²) in [4.78, 5) is 4.23. The van der Waals surface area contributed by atoms with Gasteiger partial charge in [0.25, 0.3) is 0 Å². The van der Waals surface area contributed by atoms with E-state index in [1.807, 2.05) is 13.8 Å². The minimum Gasteiger partial charge on any atom is -0.247 e. The van der Waals surface area contributed by atoms with Crippen LogP contribution in [0.15, 0.2) is 29.4 Å². The van der Waals surface area contributed by atoms with Crippen LogP contribution in [-0.2, 0) is 0 Å². The zero-order valence-corrected chi connectivity index (χ0v) is 14.8. The van der Waals surface area contributed by atoms with Gasteiger partial charge in [-0.2, -0.15) is 10.4 Å². The smallest absolute Gasteiger partial charge is 0.168 e. The highest BCUT2D eigenvalue weighted by atomic mass is 35.5. The standard InChI is InChI=1S/C16H13Cl3N4/c1-3-23(16-12(8-20)10(2)6-15(19)22-16)21-9-11-4-5-13(17)14(18)7-11/h4-7,9H,3H2,1-2H3. The molecule has 0 bridgehead atoms. The molecular weight excluding hydrogens is 355 g/mol. The van der Waals surface area contributed by atoms with Crippen LogP contribution >= 0.6 is 34.8 Å². The van der Waals surface area contributed by atoms with Crippen LogP contribution in [0, 0.1) is 18.3 Å². The highest BCUT2D eigenvalue weighted by molar-refractivity contribution is 6.42. The second-order valence-electron chi connectivity index (χ2n) is 4.71. The van der Waals surface area contributed by atoms with Crippen LogP contribution in [0.3, 0.4) is 0 Å². The number of hydrogen-bond donors (Lipinski definition) is 0. The predicted octanol–water partition coefficient (Wildman–Crippen LogP) is 5.08. The molecular formula is C16H13Cl3N4. The first-order valence-electron chi connectivity index (χ1n) is 6.80. The number of benzene rings is 1. The lowest BCUT2D eigenvalue weighted by Crippen LogP contribution is -2.19. The van der Waals surface area contributed by atoms with Crippen LogP contribution in [0.2, 0.25) is 15.2 Å². The molecule has 4 nitrogen and oxygen atoms in total. The lowest BCUT2D eigenvalue weighted by atomic mass is 10.1. The Labute approximate surface area is 149 Å². The molecule has 0 radical (unpaired) electrons. The Balaban J connectivity index is 2.39. The van der Waals surface area contributed by atoms with Crippen LogP contribution < -0.4 is 5.01 Å². The lowest BCUT2D eigenvalue weighted by molar-refractivity contribution is 0.869. The van der Waals surface area contributed by atoms with Gasteiger partial charge in [-0.1, -0.05) is 40.9 Å². The first kappa shape index (κ1) is 17.6. The van der Waals surface area contributed by atoms with Gasteiger partial charge in [-0.05, 0) is 43.2 Å². The summed E-state index contributed by atoms with van der Waals surface area (Å²) in [5.74, 6) is 0.427. The SMILES string of the molecule is CCN(N=Cc1ccc(Cl)c(Cl)c1)c1nc(Cl)cc(C)c1C#N. The van der Waals surface area contributed by atoms with Crippen molar-refractivity contribution in [2.24, 2.45) is 5.10 Å². The highest BCUT2D eigenvalue weighted by Gasteiger charge is 2.14. The number of rotatable bonds is 4. The van der Waals surface area contributed by atoms with Gasteiger partial charge in [-0.25, -0.2) is 9.99 Å². The fourth-order valence-corrected chi connectivity index (χ4v) is 2.51. The summed E-state index contributed by atoms with van der Waals surface area (Å²) in [6.07, 6.45) is 1.63. The molecule has 0 atom stereocenters. The van der Waals surface area contributed by atoms with E-state index >= 15 is 0 Å². The third-order valence-electron chi connectivity index (χ3n) is 3.11. The number of hydrazone groups is 1. The molecule has 0 saturated carbocycles. The van der Waals surface area contributed by atoms with Crippen LogP contribution in [0.25, 0.3) is 0 Å². The van der Waals surface area contributed by atoms with E-state index in [1.165, 1.54) is 0 Å². The van der Waals surface area contributed by atoms with Crippen LogP contribution in [0.5, 0.6) is 0 Å². The van der Waals surface area contributed by atoms with E-state index in [2.05, 4.69) is 16.2 Å². The number of hydrogen-bond acceptors (Lipinski definition) is 4. The maximum atomic E-state index is 9.34. The first-order valence-corrected chi connectivity index (χ1v) is 7.93. The summed E-state index contributed by atoms with van der Waals surface area (Å²) in [5.41, 5.74) is 1.99. The summed E-state index contributed by atoms with van der Waals surface area (Å²) >= 11 is 17.9. The Bertz CT molecular complexity index is 797. The second-order valence-corrected chi connectivity index (χ2v) is 5.91. The number of nitrogens with zero attached hydrogens (tertiary/aromatic N) is 4. The molecule has 0 aliphatic rings. The van der Waals surface area contributed by atoms with Gasteiger partial charge in [0.15, 0.2) is 5.82 Å². The molecule has 0 amide bonds. The van der Waals surface area contributed by atoms with Crippen molar-refractivity contribution in [3.63, 3.8) is 0 Å². The van der Waals surface area contributed by atoms with Crippen LogP contribution in [0.4, 0.5) is 5.82 Å². The van der Waals surface area contributed by atoms with Crippen molar-refractivity contribution in [1.29, 1.82) is 5.26 Å². The molecule has 118 valence electrons. The van der Waals surface area contributed by atoms with Gasteiger partial charge in [-0.3, -0.25) is 0 Å². The fourth-order valence-electron chi connectivity index (χ4n) is 1.96. The molecule has 0 aliphatic carbocycles. The Morgan fingerprint density at radius 3 is 2.61 bits per heavy atom. The summed E-state index contributed by atoms with van der Waals surface area (Å²) in [6.45, 7) is 4.25. The van der Waals surface area contributed by atoms with E-state index in [4.69, 9.17) is 34.8 Å². The maximum Gasteiger partial charge on any atom is 0.168 e. The molecule has 0 fully saturated rings. The zero-order valence-electron chi connectivity index (χ0n) is 12.5. The minimum atomic E-state index is 0.319. The first-order chi connectivity index (χ1) is 11.0. The maximum absolute atomic E-state index is 9.34. The van der Waals surface area contributed by atoms with Crippen molar-refractivity contribution in [1.82, 2.24) is 4.98 Å². The van der Waals surface area contributed by atoms with Gasteiger partial charge < -0.3 is 0 Å². The zero-order chi connectivity index (χ0) is 17.0. The molecule has 0 saturated heterocycles. The Kier molecular flexibility index (Phi) is 5.84. The molecule has 0 N–H and O–H groups in total. The average molecular weight is 368 g/mol. The van der Waals surface area contributed by atoms with E-state index in [1.54, 1.807) is 35.5 Å². The molecule has 23 heavy (non-hydrogen) atoms. The largest absolute Gasteiger partial charge is 0.247 e. The second kappa shape index (κ2) is 7.65. The monoisotopic (exact) mass is 366 g/mol. The molecule has 1 aromatic heterocycles. The quantitative estimate of drug-likeness (QED) is 0.430. The van der Waals surface area contributed by atoms with Gasteiger partial charge in [-0.15, -0.1) is 0 Å². The molecule has 1 aromatic carbocycles. The van der Waals surface area contributed by atoms with Gasteiger partial charge in [0.2, 0.25) is 0 Å². The van der Waals surface area contributed by atoms with Gasteiger partial charge in [0.1, 0.15) is 11.2 Å². The Hall–Kier alpha value is -1.80. The number of halogens is 3. The number of aromatic nitrogens is 1. The van der Waals surface area contributed by atoms with E-state index in [-0.39, 0.29) is 0 Å². The summed E-state index contributed by atoms with van der Waals surface area (Å²) in [5, 5.41) is 16.6. The van der Waals surface area contributed by atoms with Crippen molar-refractivity contribution in [2.45, 2.75) is 13.8 Å². The van der Waals surface area contributed by atoms with Gasteiger partial charge in [0.05, 0.1) is 21.8 Å². The minimum absolute atomic E-state index is 0.319. The van der Waals surface area contributed by atoms with Crippen molar-refractivity contribution in [3.05, 3.63) is 56.2 Å². The van der Waals surface area contributed by atoms with E-state index < -0.39 is 0 Å². The number of pyridine rings is 1. The van der Waals surface area contributed by atoms with E-state index in [0.29, 0.717) is 33.1 Å². The highest BCUT2D eigenvalue weighted by Crippen LogP contribution is 2.25. The number of nitriles is 1. The van der Waals surface area contributed by atoms with Crippen LogP contribution in [0.1, 0.15) is 23.6 Å². The summed E-state index contributed by atoms with van der Waals surface area (Å²) in [6, 6.07) is 9.01. The third kappa shape index (κ3) is 4.14. The molecule has 2 rings (SSSR count). The van der Waals surface area contributed by atoms with E-state index in [0.717, 1.165) is 11.1 Å². The van der Waals surface area contributed by atoms with Crippen LogP contribution in [-0.4, -0.2) is 17.7 Å². The van der Waals surface area contributed by atoms with Crippen molar-refractivity contribution < 1.29 is 0 Å². The number of aryl methyl sites for hydroxylation is 1. The van der Waals surface area contributed by atoms with Crippen molar-refractivity contribution in [2.75, 3.05) is 11.6 Å². The molecule has 0 spiro atoms. The molecule has 7 heteroatoms. The van der Waals surface area contributed by atoms with E-state index in [9.17, 15) is 5.26 Å². The normalized spacial score (nSPS) is 10.8. The fraction of sp³-hybridized carbons (Fsp3) is 0.188. The summed E-state index contributed by atoms with van der Waals surface area (Å²) < 4.78 is 0. The molecule has 0 unspecified atom stereocenters. The van der Waals surface area contributed by atoms with Gasteiger partial charge in [0, 0.05) is 6.54 Å². The topological polar surface area (TPSA) is 52.3 Å².